The van der Waals surface area contributed by atoms with Crippen molar-refractivity contribution in [1.82, 2.24) is 19.9 Å². The van der Waals surface area contributed by atoms with Gasteiger partial charge in [0.15, 0.2) is 11.5 Å². The van der Waals surface area contributed by atoms with Crippen LogP contribution in [0.1, 0.15) is 45.4 Å². The molecule has 0 aliphatic carbocycles. The van der Waals surface area contributed by atoms with Gasteiger partial charge in [0.05, 0.1) is 6.33 Å². The number of rotatable bonds is 8. The number of nitrogens with zero attached hydrogens (tertiary/aromatic N) is 4. The van der Waals surface area contributed by atoms with Crippen LogP contribution in [0.4, 0.5) is 5.82 Å². The summed E-state index contributed by atoms with van der Waals surface area (Å²) in [5, 5.41) is 5.93. The van der Waals surface area contributed by atoms with Gasteiger partial charge in [-0.3, -0.25) is 4.98 Å². The van der Waals surface area contributed by atoms with E-state index in [1.54, 1.807) is 12.1 Å². The number of nitrogens with one attached hydrogen (secondary N) is 2. The molecule has 0 saturated carbocycles. The smallest absolute Gasteiger partial charge is 0.340 e. The molecule has 2 N–H and O–H groups in total. The van der Waals surface area contributed by atoms with Crippen LogP contribution in [0.3, 0.4) is 0 Å². The van der Waals surface area contributed by atoms with Gasteiger partial charge in [-0.05, 0) is 12.8 Å². The van der Waals surface area contributed by atoms with Gasteiger partial charge in [0, 0.05) is 13.3 Å². The van der Waals surface area contributed by atoms with Gasteiger partial charge in [-0.1, -0.05) is 32.6 Å². The van der Waals surface area contributed by atoms with Crippen LogP contribution in [0.25, 0.3) is 11.2 Å². The first-order valence-corrected chi connectivity index (χ1v) is 7.42. The quantitative estimate of drug-likeness (QED) is 0.444. The Morgan fingerprint density at radius 3 is 2.95 bits per heavy atom. The molecule has 2 rings (SSSR count). The van der Waals surface area contributed by atoms with E-state index >= 15 is 0 Å². The van der Waals surface area contributed by atoms with Crippen molar-refractivity contribution in [3.63, 3.8) is 0 Å². The number of anilines is 1. The molecule has 0 atom stereocenters. The first-order valence-electron chi connectivity index (χ1n) is 7.42. The number of aromatic nitrogens is 4. The molecule has 0 aromatic carbocycles. The molecule has 114 valence electrons. The molecular weight excluding hydrogens is 268 g/mol. The molecule has 0 unspecified atom stereocenters. The molecule has 0 bridgehead atoms. The van der Waals surface area contributed by atoms with E-state index in [2.05, 4.69) is 32.0 Å². The second-order valence-electron chi connectivity index (χ2n) is 5.02. The lowest BCUT2D eigenvalue weighted by Crippen LogP contribution is -2.18. The number of hydrazone groups is 1. The topological polar surface area (TPSA) is 90.0 Å². The van der Waals surface area contributed by atoms with Crippen LogP contribution in [0, 0.1) is 0 Å². The highest BCUT2D eigenvalue weighted by Gasteiger charge is 2.10. The maximum absolute atomic E-state index is 11.5. The molecule has 2 heterocycles. The second kappa shape index (κ2) is 7.56. The average Bonchev–Trinajstić information content (AvgIpc) is 2.93. The zero-order valence-corrected chi connectivity index (χ0v) is 12.6. The van der Waals surface area contributed by atoms with E-state index in [1.807, 2.05) is 6.21 Å². The molecule has 0 aliphatic rings. The molecule has 2 aromatic rings. The molecule has 0 spiro atoms. The monoisotopic (exact) mass is 290 g/mol. The Labute approximate surface area is 123 Å². The van der Waals surface area contributed by atoms with Crippen LogP contribution in [0.2, 0.25) is 0 Å². The van der Waals surface area contributed by atoms with Gasteiger partial charge >= 0.3 is 5.69 Å². The number of fused-ring (bicyclic) bond motifs is 1. The number of unbranched alkanes of at least 4 members (excludes halogenated alkanes) is 5. The van der Waals surface area contributed by atoms with Crippen molar-refractivity contribution in [1.29, 1.82) is 0 Å². The minimum Gasteiger partial charge on any atom is -0.340 e. The highest BCUT2D eigenvalue weighted by atomic mass is 16.1. The van der Waals surface area contributed by atoms with Crippen molar-refractivity contribution < 1.29 is 0 Å². The van der Waals surface area contributed by atoms with E-state index in [1.165, 1.54) is 32.0 Å². The van der Waals surface area contributed by atoms with E-state index in [0.717, 1.165) is 12.8 Å². The summed E-state index contributed by atoms with van der Waals surface area (Å²) in [7, 11) is 1.77. The van der Waals surface area contributed by atoms with E-state index in [-0.39, 0.29) is 0 Å². The minimum atomic E-state index is -0.425. The van der Waals surface area contributed by atoms with Crippen molar-refractivity contribution in [3.8, 4) is 0 Å². The second-order valence-corrected chi connectivity index (χ2v) is 5.02. The van der Waals surface area contributed by atoms with Crippen LogP contribution in [-0.4, -0.2) is 33.2 Å². The van der Waals surface area contributed by atoms with Crippen molar-refractivity contribution in [2.24, 2.45) is 5.10 Å². The van der Waals surface area contributed by atoms with Gasteiger partial charge < -0.3 is 4.98 Å². The van der Waals surface area contributed by atoms with Crippen molar-refractivity contribution >= 4 is 23.2 Å². The maximum Gasteiger partial charge on any atom is 0.348 e. The normalized spacial score (nSPS) is 11.5. The minimum absolute atomic E-state index is 0.425. The number of H-pyrrole nitrogens is 2. The Hall–Kier alpha value is -2.18. The van der Waals surface area contributed by atoms with Gasteiger partial charge in [-0.2, -0.15) is 10.1 Å². The van der Waals surface area contributed by atoms with Crippen molar-refractivity contribution in [2.45, 2.75) is 45.4 Å². The Morgan fingerprint density at radius 2 is 2.14 bits per heavy atom. The Kier molecular flexibility index (Phi) is 5.48. The molecule has 0 fully saturated rings. The molecule has 0 amide bonds. The SMILES string of the molecule is CCCCCCCC=NN(C)c1nc(=O)[nH]c2nc[nH]c12. The molecule has 7 nitrogen and oxygen atoms in total. The van der Waals surface area contributed by atoms with E-state index in [4.69, 9.17) is 0 Å². The lowest BCUT2D eigenvalue weighted by atomic mass is 10.1. The Bertz CT molecular complexity index is 644. The fourth-order valence-electron chi connectivity index (χ4n) is 2.15. The van der Waals surface area contributed by atoms with Gasteiger partial charge in [0.2, 0.25) is 0 Å². The summed E-state index contributed by atoms with van der Waals surface area (Å²) in [5.41, 5.74) is 0.745. The van der Waals surface area contributed by atoms with Crippen molar-refractivity contribution in [3.05, 3.63) is 16.8 Å². The summed E-state index contributed by atoms with van der Waals surface area (Å²) in [6.07, 6.45) is 10.5. The van der Waals surface area contributed by atoms with Gasteiger partial charge in [0.1, 0.15) is 5.52 Å². The third kappa shape index (κ3) is 4.14. The van der Waals surface area contributed by atoms with Crippen LogP contribution < -0.4 is 10.7 Å². The molecule has 2 aromatic heterocycles. The average molecular weight is 290 g/mol. The number of hydrogen-bond acceptors (Lipinski definition) is 5. The summed E-state index contributed by atoms with van der Waals surface area (Å²) < 4.78 is 0. The lowest BCUT2D eigenvalue weighted by molar-refractivity contribution is 0.644. The summed E-state index contributed by atoms with van der Waals surface area (Å²) in [6.45, 7) is 2.21. The van der Waals surface area contributed by atoms with Gasteiger partial charge in [-0.15, -0.1) is 0 Å². The third-order valence-corrected chi connectivity index (χ3v) is 3.29. The number of hydrogen-bond donors (Lipinski definition) is 2. The number of aromatic amines is 2. The fourth-order valence-corrected chi connectivity index (χ4v) is 2.15. The lowest BCUT2D eigenvalue weighted by Gasteiger charge is -2.11. The molecule has 0 saturated heterocycles. The Balaban J connectivity index is 1.94. The third-order valence-electron chi connectivity index (χ3n) is 3.29. The highest BCUT2D eigenvalue weighted by molar-refractivity contribution is 5.82. The molecule has 0 aliphatic heterocycles. The summed E-state index contributed by atoms with van der Waals surface area (Å²) >= 11 is 0. The van der Waals surface area contributed by atoms with Crippen LogP contribution in [0.15, 0.2) is 16.2 Å². The Morgan fingerprint density at radius 1 is 1.33 bits per heavy atom. The van der Waals surface area contributed by atoms with Crippen LogP contribution in [0.5, 0.6) is 0 Å². The summed E-state index contributed by atoms with van der Waals surface area (Å²) in [5.74, 6) is 0.480. The molecular formula is C14H22N6O. The standard InChI is InChI=1S/C14H22N6O/c1-3-4-5-6-7-8-9-17-20(2)13-11-12(16-10-15-11)18-14(21)19-13/h9-10H,3-8H2,1-2H3,(H2,15,16,18,19,21). The van der Waals surface area contributed by atoms with Crippen LogP contribution in [-0.2, 0) is 0 Å². The van der Waals surface area contributed by atoms with E-state index < -0.39 is 5.69 Å². The number of imidazole rings is 1. The van der Waals surface area contributed by atoms with Crippen molar-refractivity contribution in [2.75, 3.05) is 12.1 Å². The maximum atomic E-state index is 11.5. The highest BCUT2D eigenvalue weighted by Crippen LogP contribution is 2.16. The van der Waals surface area contributed by atoms with Crippen LogP contribution >= 0.6 is 0 Å². The first kappa shape index (κ1) is 15.2. The predicted octanol–water partition coefficient (Wildman–Crippen LogP) is 2.43. The first-order chi connectivity index (χ1) is 10.2. The van der Waals surface area contributed by atoms with Gasteiger partial charge in [-0.25, -0.2) is 14.8 Å². The fraction of sp³-hybridized carbons (Fsp3) is 0.571. The van der Waals surface area contributed by atoms with Gasteiger partial charge in [0.25, 0.3) is 0 Å². The zero-order valence-electron chi connectivity index (χ0n) is 12.6. The zero-order chi connectivity index (χ0) is 15.1. The van der Waals surface area contributed by atoms with E-state index in [9.17, 15) is 4.79 Å². The molecule has 21 heavy (non-hydrogen) atoms. The summed E-state index contributed by atoms with van der Waals surface area (Å²) in [6, 6.07) is 0. The summed E-state index contributed by atoms with van der Waals surface area (Å²) in [4.78, 5) is 25.0. The largest absolute Gasteiger partial charge is 0.348 e. The molecule has 7 heteroatoms. The van der Waals surface area contributed by atoms with E-state index in [0.29, 0.717) is 17.0 Å². The predicted molar refractivity (Wildman–Crippen MR) is 84.8 cm³/mol. The molecule has 0 radical (unpaired) electrons.